The number of carbonyl (C=O) groups is 3. The summed E-state index contributed by atoms with van der Waals surface area (Å²) < 4.78 is 16.7. The monoisotopic (exact) mass is 917 g/mol. The van der Waals surface area contributed by atoms with Crippen molar-refractivity contribution in [2.45, 2.75) is 252 Å². The van der Waals surface area contributed by atoms with Crippen molar-refractivity contribution in [2.24, 2.45) is 0 Å². The van der Waals surface area contributed by atoms with Gasteiger partial charge in [-0.1, -0.05) is 214 Å². The highest BCUT2D eigenvalue weighted by molar-refractivity contribution is 5.71. The van der Waals surface area contributed by atoms with E-state index in [2.05, 4.69) is 112 Å². The van der Waals surface area contributed by atoms with Crippen LogP contribution in [0, 0.1) is 0 Å². The molecule has 0 N–H and O–H groups in total. The average molecular weight is 917 g/mol. The summed E-state index contributed by atoms with van der Waals surface area (Å²) >= 11 is 0. The summed E-state index contributed by atoms with van der Waals surface area (Å²) in [7, 11) is 0. The van der Waals surface area contributed by atoms with Gasteiger partial charge in [0, 0.05) is 19.3 Å². The molecule has 1 unspecified atom stereocenters. The predicted octanol–water partition coefficient (Wildman–Crippen LogP) is 18.1. The van der Waals surface area contributed by atoms with Crippen molar-refractivity contribution in [3.8, 4) is 0 Å². The molecular weight excluding hydrogens is 817 g/mol. The van der Waals surface area contributed by atoms with Crippen LogP contribution < -0.4 is 0 Å². The third kappa shape index (κ3) is 51.3. The molecule has 66 heavy (non-hydrogen) atoms. The Kier molecular flexibility index (Phi) is 50.9. The maximum absolute atomic E-state index is 12.8. The molecule has 0 aliphatic rings. The molecule has 0 saturated heterocycles. The summed E-state index contributed by atoms with van der Waals surface area (Å²) in [6, 6.07) is 0. The highest BCUT2D eigenvalue weighted by Crippen LogP contribution is 2.13. The van der Waals surface area contributed by atoms with E-state index in [9.17, 15) is 14.4 Å². The number of unbranched alkanes of at least 4 members (excludes halogenated alkanes) is 21. The smallest absolute Gasteiger partial charge is 0.306 e. The third-order valence-corrected chi connectivity index (χ3v) is 11.3. The van der Waals surface area contributed by atoms with Crippen LogP contribution in [-0.2, 0) is 28.6 Å². The number of carbonyl (C=O) groups excluding carboxylic acids is 3. The summed E-state index contributed by atoms with van der Waals surface area (Å²) in [4.78, 5) is 38.0. The second kappa shape index (κ2) is 53.9. The van der Waals surface area contributed by atoms with Gasteiger partial charge >= 0.3 is 17.9 Å². The molecule has 0 heterocycles. The van der Waals surface area contributed by atoms with Gasteiger partial charge in [-0.2, -0.15) is 0 Å². The van der Waals surface area contributed by atoms with Crippen LogP contribution >= 0.6 is 0 Å². The van der Waals surface area contributed by atoms with Gasteiger partial charge < -0.3 is 14.2 Å². The van der Waals surface area contributed by atoms with Gasteiger partial charge in [0.15, 0.2) is 6.10 Å². The van der Waals surface area contributed by atoms with E-state index in [-0.39, 0.29) is 37.5 Å². The van der Waals surface area contributed by atoms with Crippen molar-refractivity contribution < 1.29 is 28.6 Å². The number of rotatable bonds is 48. The molecule has 0 fully saturated rings. The zero-order chi connectivity index (χ0) is 47.9. The van der Waals surface area contributed by atoms with Crippen molar-refractivity contribution in [1.29, 1.82) is 0 Å². The third-order valence-electron chi connectivity index (χ3n) is 11.3. The normalized spacial score (nSPS) is 12.8. The molecule has 376 valence electrons. The lowest BCUT2D eigenvalue weighted by molar-refractivity contribution is -0.166. The van der Waals surface area contributed by atoms with E-state index >= 15 is 0 Å². The molecule has 0 aromatic carbocycles. The van der Waals surface area contributed by atoms with E-state index in [0.29, 0.717) is 19.3 Å². The van der Waals surface area contributed by atoms with Crippen LogP contribution in [0.3, 0.4) is 0 Å². The molecule has 0 radical (unpaired) electrons. The first-order valence-electron chi connectivity index (χ1n) is 27.2. The number of hydrogen-bond acceptors (Lipinski definition) is 6. The van der Waals surface area contributed by atoms with Crippen molar-refractivity contribution in [2.75, 3.05) is 13.2 Å². The Labute approximate surface area is 407 Å². The van der Waals surface area contributed by atoms with Crippen molar-refractivity contribution in [3.63, 3.8) is 0 Å². The average Bonchev–Trinajstić information content (AvgIpc) is 3.31. The Hall–Kier alpha value is -3.67. The maximum atomic E-state index is 12.8. The number of ether oxygens (including phenoxy) is 3. The Balaban J connectivity index is 4.51. The van der Waals surface area contributed by atoms with Gasteiger partial charge in [-0.25, -0.2) is 0 Å². The molecule has 6 nitrogen and oxygen atoms in total. The van der Waals surface area contributed by atoms with Crippen molar-refractivity contribution in [1.82, 2.24) is 0 Å². The first-order valence-corrected chi connectivity index (χ1v) is 27.2. The van der Waals surface area contributed by atoms with Gasteiger partial charge in [-0.05, 0) is 109 Å². The summed E-state index contributed by atoms with van der Waals surface area (Å²) in [5.74, 6) is -1.02. The number of esters is 3. The molecule has 0 amide bonds. The number of hydrogen-bond donors (Lipinski definition) is 0. The Bertz CT molecular complexity index is 1330. The lowest BCUT2D eigenvalue weighted by Gasteiger charge is -2.18. The molecule has 0 spiro atoms. The van der Waals surface area contributed by atoms with Crippen molar-refractivity contribution >= 4 is 17.9 Å². The van der Waals surface area contributed by atoms with E-state index in [1.807, 2.05) is 6.08 Å². The molecule has 0 aliphatic heterocycles. The highest BCUT2D eigenvalue weighted by Gasteiger charge is 2.19. The van der Waals surface area contributed by atoms with E-state index < -0.39 is 6.10 Å². The van der Waals surface area contributed by atoms with Crippen LogP contribution in [0.4, 0.5) is 0 Å². The fourth-order valence-corrected chi connectivity index (χ4v) is 7.22. The van der Waals surface area contributed by atoms with Gasteiger partial charge in [-0.15, -0.1) is 0 Å². The largest absolute Gasteiger partial charge is 0.462 e. The van der Waals surface area contributed by atoms with Gasteiger partial charge in [-0.3, -0.25) is 14.4 Å². The summed E-state index contributed by atoms with van der Waals surface area (Å²) in [6.07, 6.45) is 71.2. The second-order valence-electron chi connectivity index (χ2n) is 17.7. The number of allylic oxidation sites excluding steroid dienone is 16. The lowest BCUT2D eigenvalue weighted by atomic mass is 10.1. The zero-order valence-corrected chi connectivity index (χ0v) is 42.9. The van der Waals surface area contributed by atoms with Gasteiger partial charge in [0.05, 0.1) is 0 Å². The van der Waals surface area contributed by atoms with Crippen LogP contribution in [0.15, 0.2) is 97.2 Å². The molecule has 1 atom stereocenters. The van der Waals surface area contributed by atoms with Gasteiger partial charge in [0.2, 0.25) is 0 Å². The first kappa shape index (κ1) is 62.3. The van der Waals surface area contributed by atoms with Crippen LogP contribution in [0.1, 0.15) is 245 Å². The highest BCUT2D eigenvalue weighted by atomic mass is 16.6. The van der Waals surface area contributed by atoms with Crippen molar-refractivity contribution in [3.05, 3.63) is 97.2 Å². The van der Waals surface area contributed by atoms with Crippen LogP contribution in [-0.4, -0.2) is 37.2 Å². The topological polar surface area (TPSA) is 78.9 Å². The van der Waals surface area contributed by atoms with Gasteiger partial charge in [0.1, 0.15) is 13.2 Å². The molecule has 0 saturated carbocycles. The predicted molar refractivity (Wildman–Crippen MR) is 284 cm³/mol. The van der Waals surface area contributed by atoms with E-state index in [1.165, 1.54) is 96.3 Å². The standard InChI is InChI=1S/C60H100O6/c1-4-7-10-13-16-19-22-25-27-29-30-31-33-35-38-41-44-47-50-53-59(62)65-56-57(55-64-58(61)52-49-46-43-40-37-34-24-21-18-15-12-9-6-3)66-60(63)54-51-48-45-42-39-36-32-28-26-23-20-17-14-11-8-5-2/h7,10,16,19,25,27-28,30-32,34-35,37-38,43,46,57H,4-6,8-9,11-15,17-18,20-24,26,29,33,36,39-42,44-45,47-56H2,1-3H3/b10-7+,19-16+,27-25+,31-30+,32-28+,37-34+,38-35+,46-43+. The molecule has 0 aliphatic carbocycles. The first-order chi connectivity index (χ1) is 32.5. The fourth-order valence-electron chi connectivity index (χ4n) is 7.22. The quantitative estimate of drug-likeness (QED) is 0.0262. The zero-order valence-electron chi connectivity index (χ0n) is 42.9. The van der Waals surface area contributed by atoms with Crippen LogP contribution in [0.25, 0.3) is 0 Å². The summed E-state index contributed by atoms with van der Waals surface area (Å²) in [5.41, 5.74) is 0. The van der Waals surface area contributed by atoms with Crippen LogP contribution in [0.5, 0.6) is 0 Å². The minimum absolute atomic E-state index is 0.116. The molecular formula is C60H100O6. The summed E-state index contributed by atoms with van der Waals surface area (Å²) in [5, 5.41) is 0. The lowest BCUT2D eigenvalue weighted by Crippen LogP contribution is -2.30. The Morgan fingerprint density at radius 2 is 0.621 bits per heavy atom. The van der Waals surface area contributed by atoms with E-state index in [4.69, 9.17) is 14.2 Å². The van der Waals surface area contributed by atoms with Crippen LogP contribution in [0.2, 0.25) is 0 Å². The second-order valence-corrected chi connectivity index (χ2v) is 17.7. The molecule has 0 bridgehead atoms. The fraction of sp³-hybridized carbons (Fsp3) is 0.683. The molecule has 6 heteroatoms. The SMILES string of the molecule is CC/C=C/C/C=C/C/C=C/C/C=C/C/C=C/CCCCCC(=O)OCC(COC(=O)CC/C=C/C/C=C/CCCCCCCC)OC(=O)CCCCCCC/C=C/CCCCCCCCC. The van der Waals surface area contributed by atoms with E-state index in [1.54, 1.807) is 0 Å². The minimum Gasteiger partial charge on any atom is -0.462 e. The molecule has 0 aromatic rings. The molecule has 0 rings (SSSR count). The summed E-state index contributed by atoms with van der Waals surface area (Å²) in [6.45, 7) is 6.42. The Morgan fingerprint density at radius 1 is 0.318 bits per heavy atom. The minimum atomic E-state index is -0.819. The Morgan fingerprint density at radius 3 is 1.05 bits per heavy atom. The maximum Gasteiger partial charge on any atom is 0.306 e. The molecule has 0 aromatic heterocycles. The van der Waals surface area contributed by atoms with E-state index in [0.717, 1.165) is 103 Å². The van der Waals surface area contributed by atoms with Gasteiger partial charge in [0.25, 0.3) is 0 Å².